The number of hydrogen-bond acceptors (Lipinski definition) is 3. The van der Waals surface area contributed by atoms with Crippen molar-refractivity contribution in [3.05, 3.63) is 33.3 Å². The van der Waals surface area contributed by atoms with Crippen LogP contribution in [0.15, 0.2) is 22.7 Å². The Kier molecular flexibility index (Phi) is 5.83. The fourth-order valence-corrected chi connectivity index (χ4v) is 4.17. The number of rotatable bonds is 3. The van der Waals surface area contributed by atoms with Crippen molar-refractivity contribution in [1.29, 1.82) is 0 Å². The minimum Gasteiger partial charge on any atom is -0.329 e. The number of nitrogens with two attached hydrogens (primary N) is 1. The zero-order chi connectivity index (χ0) is 13.0. The van der Waals surface area contributed by atoms with E-state index in [1.54, 1.807) is 0 Å². The number of thioether (sulfide) groups is 1. The highest BCUT2D eigenvalue weighted by atomic mass is 79.9. The van der Waals surface area contributed by atoms with Gasteiger partial charge in [0.1, 0.15) is 0 Å². The van der Waals surface area contributed by atoms with E-state index in [0.29, 0.717) is 6.54 Å². The lowest BCUT2D eigenvalue weighted by Gasteiger charge is -2.30. The summed E-state index contributed by atoms with van der Waals surface area (Å²) in [4.78, 5) is 2.49. The minimum absolute atomic E-state index is 0.287. The fourth-order valence-electron chi connectivity index (χ4n) is 2.32. The molecule has 5 heteroatoms. The van der Waals surface area contributed by atoms with E-state index in [-0.39, 0.29) is 6.04 Å². The first-order valence-corrected chi connectivity index (χ1v) is 8.51. The van der Waals surface area contributed by atoms with Gasteiger partial charge in [-0.1, -0.05) is 33.6 Å². The summed E-state index contributed by atoms with van der Waals surface area (Å²) in [5.74, 6) is 2.46. The lowest BCUT2D eigenvalue weighted by atomic mass is 10.1. The summed E-state index contributed by atoms with van der Waals surface area (Å²) in [6.45, 7) is 2.89. The zero-order valence-electron chi connectivity index (χ0n) is 10.2. The summed E-state index contributed by atoms with van der Waals surface area (Å²) < 4.78 is 1.06. The van der Waals surface area contributed by atoms with Crippen LogP contribution in [0, 0.1) is 0 Å². The van der Waals surface area contributed by atoms with Gasteiger partial charge in [0.15, 0.2) is 0 Å². The Morgan fingerprint density at radius 3 is 2.94 bits per heavy atom. The van der Waals surface area contributed by atoms with E-state index in [1.807, 2.05) is 23.9 Å². The molecule has 18 heavy (non-hydrogen) atoms. The quantitative estimate of drug-likeness (QED) is 0.905. The van der Waals surface area contributed by atoms with Gasteiger partial charge >= 0.3 is 0 Å². The Labute approximate surface area is 126 Å². The van der Waals surface area contributed by atoms with E-state index in [0.717, 1.165) is 22.6 Å². The molecule has 1 unspecified atom stereocenters. The predicted molar refractivity (Wildman–Crippen MR) is 84.5 cm³/mol. The molecule has 1 atom stereocenters. The molecular weight excluding hydrogens is 332 g/mol. The molecule has 0 aromatic heterocycles. The molecule has 2 N–H and O–H groups in total. The second-order valence-electron chi connectivity index (χ2n) is 4.42. The van der Waals surface area contributed by atoms with Gasteiger partial charge in [-0.15, -0.1) is 0 Å². The van der Waals surface area contributed by atoms with Crippen LogP contribution in [-0.2, 0) is 0 Å². The van der Waals surface area contributed by atoms with Gasteiger partial charge < -0.3 is 5.73 Å². The summed E-state index contributed by atoms with van der Waals surface area (Å²) in [5.41, 5.74) is 7.24. The summed E-state index contributed by atoms with van der Waals surface area (Å²) in [6.07, 6.45) is 1.24. The van der Waals surface area contributed by atoms with Crippen LogP contribution in [0.1, 0.15) is 18.0 Å². The molecule has 1 aromatic carbocycles. The first-order chi connectivity index (χ1) is 8.72. The first-order valence-electron chi connectivity index (χ1n) is 6.19. The first kappa shape index (κ1) is 14.7. The molecule has 0 amide bonds. The van der Waals surface area contributed by atoms with Gasteiger partial charge in [0, 0.05) is 34.4 Å². The van der Waals surface area contributed by atoms with E-state index >= 15 is 0 Å². The van der Waals surface area contributed by atoms with Crippen LogP contribution in [0.25, 0.3) is 0 Å². The third-order valence-electron chi connectivity index (χ3n) is 3.24. The molecule has 0 bridgehead atoms. The highest BCUT2D eigenvalue weighted by Crippen LogP contribution is 2.30. The van der Waals surface area contributed by atoms with E-state index in [2.05, 4.69) is 26.9 Å². The number of halogens is 2. The monoisotopic (exact) mass is 348 g/mol. The predicted octanol–water partition coefficient (Wildman–Crippen LogP) is 3.54. The van der Waals surface area contributed by atoms with Gasteiger partial charge in [-0.25, -0.2) is 0 Å². The Morgan fingerprint density at radius 1 is 1.39 bits per heavy atom. The van der Waals surface area contributed by atoms with Gasteiger partial charge in [0.05, 0.1) is 0 Å². The molecule has 1 aliphatic rings. The highest BCUT2D eigenvalue weighted by molar-refractivity contribution is 9.10. The molecule has 1 fully saturated rings. The number of hydrogen-bond donors (Lipinski definition) is 1. The minimum atomic E-state index is 0.287. The molecule has 1 heterocycles. The maximum atomic E-state index is 6.00. The van der Waals surface area contributed by atoms with Gasteiger partial charge in [0.2, 0.25) is 0 Å². The SMILES string of the molecule is NCC(c1ccc(Cl)cc1Br)N1CCCSCC1. The van der Waals surface area contributed by atoms with Gasteiger partial charge in [0.25, 0.3) is 0 Å². The molecule has 1 aliphatic heterocycles. The average Bonchev–Trinajstić information content (AvgIpc) is 2.62. The van der Waals surface area contributed by atoms with Crippen molar-refractivity contribution in [3.8, 4) is 0 Å². The van der Waals surface area contributed by atoms with Crippen molar-refractivity contribution in [2.24, 2.45) is 5.73 Å². The second kappa shape index (κ2) is 7.15. The Bertz CT molecular complexity index is 395. The Morgan fingerprint density at radius 2 is 2.22 bits per heavy atom. The summed E-state index contributed by atoms with van der Waals surface area (Å²) in [7, 11) is 0. The van der Waals surface area contributed by atoms with Crippen LogP contribution >= 0.6 is 39.3 Å². The van der Waals surface area contributed by atoms with Crippen molar-refractivity contribution in [2.45, 2.75) is 12.5 Å². The van der Waals surface area contributed by atoms with E-state index in [9.17, 15) is 0 Å². The lowest BCUT2D eigenvalue weighted by molar-refractivity contribution is 0.217. The standard InChI is InChI=1S/C13H18BrClN2S/c14-12-8-10(15)2-3-11(12)13(9-16)17-4-1-6-18-7-5-17/h2-3,8,13H,1,4-7,9,16H2. The van der Waals surface area contributed by atoms with Gasteiger partial charge in [-0.05, 0) is 36.4 Å². The molecule has 0 radical (unpaired) electrons. The maximum absolute atomic E-state index is 6.00. The molecular formula is C13H18BrClN2S. The molecule has 2 rings (SSSR count). The summed E-state index contributed by atoms with van der Waals surface area (Å²) in [5, 5.41) is 0.757. The smallest absolute Gasteiger partial charge is 0.0481 e. The van der Waals surface area contributed by atoms with E-state index in [1.165, 1.54) is 23.5 Å². The Hall–Kier alpha value is 0.260. The molecule has 100 valence electrons. The van der Waals surface area contributed by atoms with E-state index in [4.69, 9.17) is 17.3 Å². The molecule has 0 aliphatic carbocycles. The Balaban J connectivity index is 2.20. The van der Waals surface area contributed by atoms with Crippen LogP contribution in [0.3, 0.4) is 0 Å². The largest absolute Gasteiger partial charge is 0.329 e. The maximum Gasteiger partial charge on any atom is 0.0481 e. The van der Waals surface area contributed by atoms with Gasteiger partial charge in [-0.3, -0.25) is 4.90 Å². The molecule has 1 aromatic rings. The second-order valence-corrected chi connectivity index (χ2v) is 6.93. The number of benzene rings is 1. The molecule has 1 saturated heterocycles. The van der Waals surface area contributed by atoms with Crippen molar-refractivity contribution in [2.75, 3.05) is 31.1 Å². The topological polar surface area (TPSA) is 29.3 Å². The molecule has 2 nitrogen and oxygen atoms in total. The highest BCUT2D eigenvalue weighted by Gasteiger charge is 2.22. The third-order valence-corrected chi connectivity index (χ3v) is 5.21. The third kappa shape index (κ3) is 3.64. The van der Waals surface area contributed by atoms with Crippen molar-refractivity contribution in [1.82, 2.24) is 4.90 Å². The van der Waals surface area contributed by atoms with Crippen molar-refractivity contribution < 1.29 is 0 Å². The van der Waals surface area contributed by atoms with Crippen LogP contribution in [0.5, 0.6) is 0 Å². The fraction of sp³-hybridized carbons (Fsp3) is 0.538. The van der Waals surface area contributed by atoms with Crippen LogP contribution in [0.4, 0.5) is 0 Å². The van der Waals surface area contributed by atoms with Crippen LogP contribution < -0.4 is 5.73 Å². The average molecular weight is 350 g/mol. The van der Waals surface area contributed by atoms with Crippen molar-refractivity contribution in [3.63, 3.8) is 0 Å². The summed E-state index contributed by atoms with van der Waals surface area (Å²) in [6, 6.07) is 6.26. The lowest BCUT2D eigenvalue weighted by Crippen LogP contribution is -2.35. The van der Waals surface area contributed by atoms with Crippen LogP contribution in [-0.4, -0.2) is 36.0 Å². The zero-order valence-corrected chi connectivity index (χ0v) is 13.4. The van der Waals surface area contributed by atoms with Crippen LogP contribution in [0.2, 0.25) is 5.02 Å². The normalized spacial score (nSPS) is 19.5. The molecule has 0 saturated carbocycles. The number of nitrogens with zero attached hydrogens (tertiary/aromatic N) is 1. The molecule has 0 spiro atoms. The summed E-state index contributed by atoms with van der Waals surface area (Å²) >= 11 is 11.6. The van der Waals surface area contributed by atoms with Gasteiger partial charge in [-0.2, -0.15) is 11.8 Å². The van der Waals surface area contributed by atoms with E-state index < -0.39 is 0 Å². The van der Waals surface area contributed by atoms with Crippen molar-refractivity contribution >= 4 is 39.3 Å².